The summed E-state index contributed by atoms with van der Waals surface area (Å²) in [6.07, 6.45) is 3.62. The van der Waals surface area contributed by atoms with Gasteiger partial charge in [-0.2, -0.15) is 4.98 Å². The van der Waals surface area contributed by atoms with E-state index < -0.39 is 0 Å². The topological polar surface area (TPSA) is 67.1 Å². The number of piperazine rings is 1. The zero-order chi connectivity index (χ0) is 14.9. The fourth-order valence-electron chi connectivity index (χ4n) is 2.88. The summed E-state index contributed by atoms with van der Waals surface area (Å²) < 4.78 is 5.52. The third-order valence-corrected chi connectivity index (χ3v) is 4.16. The van der Waals surface area contributed by atoms with Crippen molar-refractivity contribution in [2.75, 3.05) is 26.7 Å². The van der Waals surface area contributed by atoms with Crippen LogP contribution in [0.5, 0.6) is 0 Å². The highest BCUT2D eigenvalue weighted by molar-refractivity contribution is 5.94. The lowest BCUT2D eigenvalue weighted by Gasteiger charge is -2.30. The molecule has 22 heavy (non-hydrogen) atoms. The molecule has 4 rings (SSSR count). The van der Waals surface area contributed by atoms with Crippen LogP contribution < -0.4 is 5.32 Å². The Bertz CT molecular complexity index is 795. The summed E-state index contributed by atoms with van der Waals surface area (Å²) in [4.78, 5) is 11.0. The van der Waals surface area contributed by atoms with Crippen LogP contribution in [0.1, 0.15) is 11.9 Å². The van der Waals surface area contributed by atoms with Gasteiger partial charge in [0.25, 0.3) is 5.89 Å². The van der Waals surface area contributed by atoms with E-state index in [4.69, 9.17) is 4.52 Å². The molecule has 0 aliphatic carbocycles. The number of fused-ring (bicyclic) bond motifs is 1. The van der Waals surface area contributed by atoms with Crippen molar-refractivity contribution in [2.45, 2.75) is 6.04 Å². The number of nitrogens with zero attached hydrogens (tertiary/aromatic N) is 4. The van der Waals surface area contributed by atoms with Crippen LogP contribution >= 0.6 is 0 Å². The van der Waals surface area contributed by atoms with E-state index in [0.717, 1.165) is 41.8 Å². The van der Waals surface area contributed by atoms with Crippen molar-refractivity contribution in [3.8, 4) is 11.5 Å². The number of hydrogen-bond acceptors (Lipinski definition) is 6. The van der Waals surface area contributed by atoms with Crippen molar-refractivity contribution in [2.24, 2.45) is 0 Å². The van der Waals surface area contributed by atoms with E-state index >= 15 is 0 Å². The fraction of sp³-hybridized carbons (Fsp3) is 0.312. The molecule has 0 bridgehead atoms. The first-order chi connectivity index (χ1) is 10.8. The Labute approximate surface area is 128 Å². The smallest absolute Gasteiger partial charge is 0.258 e. The van der Waals surface area contributed by atoms with E-state index in [-0.39, 0.29) is 6.04 Å². The van der Waals surface area contributed by atoms with Crippen LogP contribution in [-0.2, 0) is 0 Å². The number of aromatic nitrogens is 3. The van der Waals surface area contributed by atoms with E-state index in [2.05, 4.69) is 32.4 Å². The number of nitrogens with one attached hydrogen (secondary N) is 1. The highest BCUT2D eigenvalue weighted by Crippen LogP contribution is 2.28. The molecule has 1 fully saturated rings. The third-order valence-electron chi connectivity index (χ3n) is 4.16. The van der Waals surface area contributed by atoms with Gasteiger partial charge >= 0.3 is 0 Å². The average molecular weight is 295 g/mol. The molecule has 1 saturated heterocycles. The highest BCUT2D eigenvalue weighted by Gasteiger charge is 2.25. The molecule has 0 spiro atoms. The van der Waals surface area contributed by atoms with Crippen LogP contribution in [0.2, 0.25) is 0 Å². The summed E-state index contributed by atoms with van der Waals surface area (Å²) in [5, 5.41) is 9.70. The van der Waals surface area contributed by atoms with Crippen LogP contribution in [0.4, 0.5) is 0 Å². The molecule has 1 unspecified atom stereocenters. The van der Waals surface area contributed by atoms with Gasteiger partial charge in [-0.15, -0.1) is 0 Å². The monoisotopic (exact) mass is 295 g/mol. The lowest BCUT2D eigenvalue weighted by molar-refractivity contribution is 0.190. The van der Waals surface area contributed by atoms with Gasteiger partial charge in [-0.3, -0.25) is 9.88 Å². The van der Waals surface area contributed by atoms with Crippen LogP contribution in [0.3, 0.4) is 0 Å². The molecule has 6 nitrogen and oxygen atoms in total. The molecule has 1 N–H and O–H groups in total. The second-order valence-corrected chi connectivity index (χ2v) is 5.56. The fourth-order valence-corrected chi connectivity index (χ4v) is 2.88. The Morgan fingerprint density at radius 2 is 2.27 bits per heavy atom. The Hall–Kier alpha value is -2.31. The summed E-state index contributed by atoms with van der Waals surface area (Å²) in [6, 6.07) is 8.15. The zero-order valence-corrected chi connectivity index (χ0v) is 12.4. The minimum atomic E-state index is 0.155. The van der Waals surface area contributed by atoms with Gasteiger partial charge in [-0.05, 0) is 24.6 Å². The second-order valence-electron chi connectivity index (χ2n) is 5.56. The first-order valence-corrected chi connectivity index (χ1v) is 7.40. The van der Waals surface area contributed by atoms with Crippen molar-refractivity contribution >= 4 is 10.8 Å². The second kappa shape index (κ2) is 5.47. The molecule has 3 heterocycles. The number of rotatable bonds is 2. The zero-order valence-electron chi connectivity index (χ0n) is 12.4. The molecule has 0 radical (unpaired) electrons. The van der Waals surface area contributed by atoms with E-state index in [1.54, 1.807) is 6.20 Å². The van der Waals surface area contributed by atoms with Crippen LogP contribution in [-0.4, -0.2) is 46.7 Å². The minimum Gasteiger partial charge on any atom is -0.334 e. The normalized spacial score (nSPS) is 19.6. The van der Waals surface area contributed by atoms with Gasteiger partial charge in [-0.1, -0.05) is 17.3 Å². The summed E-state index contributed by atoms with van der Waals surface area (Å²) >= 11 is 0. The molecule has 1 aromatic carbocycles. The van der Waals surface area contributed by atoms with Gasteiger partial charge in [0.1, 0.15) is 0 Å². The van der Waals surface area contributed by atoms with Gasteiger partial charge in [0, 0.05) is 43.0 Å². The standard InChI is InChI=1S/C16H17N5O/c1-21-8-7-18-10-14(21)15-19-16(22-20-15)13-4-2-3-11-9-17-6-5-12(11)13/h2-6,9,14,18H,7-8,10H2,1H3. The van der Waals surface area contributed by atoms with Gasteiger partial charge in [0.05, 0.1) is 6.04 Å². The van der Waals surface area contributed by atoms with Gasteiger partial charge in [0.15, 0.2) is 5.82 Å². The highest BCUT2D eigenvalue weighted by atomic mass is 16.5. The number of benzene rings is 1. The number of hydrogen-bond donors (Lipinski definition) is 1. The van der Waals surface area contributed by atoms with Crippen molar-refractivity contribution in [1.29, 1.82) is 0 Å². The lowest BCUT2D eigenvalue weighted by atomic mass is 10.1. The summed E-state index contributed by atoms with van der Waals surface area (Å²) in [5.74, 6) is 1.29. The Kier molecular flexibility index (Phi) is 3.32. The number of likely N-dealkylation sites (N-methyl/N-ethyl adjacent to an activating group) is 1. The molecule has 3 aromatic rings. The molecule has 1 atom stereocenters. The van der Waals surface area contributed by atoms with E-state index in [1.807, 2.05) is 30.5 Å². The van der Waals surface area contributed by atoms with Gasteiger partial charge < -0.3 is 9.84 Å². The van der Waals surface area contributed by atoms with Crippen molar-refractivity contribution < 1.29 is 4.52 Å². The lowest BCUT2D eigenvalue weighted by Crippen LogP contribution is -2.44. The van der Waals surface area contributed by atoms with Crippen LogP contribution in [0.25, 0.3) is 22.2 Å². The molecule has 2 aromatic heterocycles. The van der Waals surface area contributed by atoms with E-state index in [0.29, 0.717) is 5.89 Å². The summed E-state index contributed by atoms with van der Waals surface area (Å²) in [5.41, 5.74) is 0.949. The van der Waals surface area contributed by atoms with Crippen molar-refractivity contribution in [3.05, 3.63) is 42.5 Å². The largest absolute Gasteiger partial charge is 0.334 e. The first-order valence-electron chi connectivity index (χ1n) is 7.40. The van der Waals surface area contributed by atoms with Gasteiger partial charge in [0.2, 0.25) is 0 Å². The SMILES string of the molecule is CN1CCNCC1c1noc(-c2cccc3cnccc23)n1. The molecular formula is C16H17N5O. The maximum atomic E-state index is 5.52. The Morgan fingerprint density at radius 1 is 1.32 bits per heavy atom. The Balaban J connectivity index is 1.74. The maximum absolute atomic E-state index is 5.52. The van der Waals surface area contributed by atoms with Crippen molar-refractivity contribution in [3.63, 3.8) is 0 Å². The first kappa shape index (κ1) is 13.4. The molecule has 6 heteroatoms. The van der Waals surface area contributed by atoms with Crippen LogP contribution in [0, 0.1) is 0 Å². The molecule has 1 aliphatic heterocycles. The third kappa shape index (κ3) is 2.26. The Morgan fingerprint density at radius 3 is 3.18 bits per heavy atom. The average Bonchev–Trinajstić information content (AvgIpc) is 3.04. The summed E-state index contributed by atoms with van der Waals surface area (Å²) in [7, 11) is 2.09. The minimum absolute atomic E-state index is 0.155. The maximum Gasteiger partial charge on any atom is 0.258 e. The predicted molar refractivity (Wildman–Crippen MR) is 83.3 cm³/mol. The molecule has 1 aliphatic rings. The molecule has 112 valence electrons. The van der Waals surface area contributed by atoms with E-state index in [9.17, 15) is 0 Å². The van der Waals surface area contributed by atoms with E-state index in [1.165, 1.54) is 0 Å². The summed E-state index contributed by atoms with van der Waals surface area (Å²) in [6.45, 7) is 2.82. The van der Waals surface area contributed by atoms with Crippen molar-refractivity contribution in [1.82, 2.24) is 25.3 Å². The molecular weight excluding hydrogens is 278 g/mol. The number of pyridine rings is 1. The predicted octanol–water partition coefficient (Wildman–Crippen LogP) is 1.86. The van der Waals surface area contributed by atoms with Crippen LogP contribution in [0.15, 0.2) is 41.2 Å². The molecule has 0 amide bonds. The quantitative estimate of drug-likeness (QED) is 0.778. The van der Waals surface area contributed by atoms with Gasteiger partial charge in [-0.25, -0.2) is 0 Å². The molecule has 0 saturated carbocycles.